The van der Waals surface area contributed by atoms with Crippen molar-refractivity contribution in [3.8, 4) is 5.69 Å². The molecule has 4 rings (SSSR count). The number of thiocarbonyl (C=S) groups is 1. The van der Waals surface area contributed by atoms with Crippen molar-refractivity contribution in [2.75, 3.05) is 5.32 Å². The third-order valence-corrected chi connectivity index (χ3v) is 5.60. The maximum Gasteiger partial charge on any atom is 0.171 e. The van der Waals surface area contributed by atoms with E-state index in [4.69, 9.17) is 17.3 Å². The molecule has 0 aliphatic heterocycles. The molecule has 0 unspecified atom stereocenters. The molecule has 0 saturated carbocycles. The van der Waals surface area contributed by atoms with Gasteiger partial charge < -0.3 is 10.6 Å². The van der Waals surface area contributed by atoms with Crippen molar-refractivity contribution in [2.24, 2.45) is 0 Å². The number of benzene rings is 2. The van der Waals surface area contributed by atoms with Crippen LogP contribution < -0.4 is 10.6 Å². The topological polar surface area (TPSA) is 59.7 Å². The zero-order valence-corrected chi connectivity index (χ0v) is 18.8. The van der Waals surface area contributed by atoms with Gasteiger partial charge in [-0.25, -0.2) is 4.68 Å². The Bertz CT molecular complexity index is 1190. The van der Waals surface area contributed by atoms with Crippen molar-refractivity contribution >= 4 is 23.0 Å². The quantitative estimate of drug-likeness (QED) is 0.440. The Balaban J connectivity index is 1.37. The van der Waals surface area contributed by atoms with E-state index in [9.17, 15) is 0 Å². The molecule has 0 amide bonds. The first-order valence-corrected chi connectivity index (χ1v) is 10.6. The highest BCUT2D eigenvalue weighted by Gasteiger charge is 2.13. The van der Waals surface area contributed by atoms with E-state index in [0.717, 1.165) is 34.9 Å². The van der Waals surface area contributed by atoms with Crippen LogP contribution >= 0.6 is 12.2 Å². The Hall–Kier alpha value is -3.45. The monoisotopic (exact) mass is 430 g/mol. The summed E-state index contributed by atoms with van der Waals surface area (Å²) in [5.74, 6) is 0. The minimum Gasteiger partial charge on any atom is -0.358 e. The molecule has 0 radical (unpaired) electrons. The van der Waals surface area contributed by atoms with Gasteiger partial charge >= 0.3 is 0 Å². The molecular weight excluding hydrogens is 404 g/mol. The second kappa shape index (κ2) is 9.14. The maximum absolute atomic E-state index is 5.50. The highest BCUT2D eigenvalue weighted by molar-refractivity contribution is 7.80. The molecular formula is C24H26N6S. The van der Waals surface area contributed by atoms with Gasteiger partial charge in [0, 0.05) is 24.0 Å². The summed E-state index contributed by atoms with van der Waals surface area (Å²) in [6.07, 6.45) is 3.75. The summed E-state index contributed by atoms with van der Waals surface area (Å²) < 4.78 is 3.88. The van der Waals surface area contributed by atoms with Crippen molar-refractivity contribution in [3.63, 3.8) is 0 Å². The van der Waals surface area contributed by atoms with Crippen LogP contribution in [0, 0.1) is 20.8 Å². The van der Waals surface area contributed by atoms with Crippen molar-refractivity contribution in [1.29, 1.82) is 0 Å². The molecule has 0 aliphatic rings. The van der Waals surface area contributed by atoms with E-state index < -0.39 is 0 Å². The van der Waals surface area contributed by atoms with E-state index in [-0.39, 0.29) is 0 Å². The largest absolute Gasteiger partial charge is 0.358 e. The lowest BCUT2D eigenvalue weighted by Crippen LogP contribution is -2.28. The highest BCUT2D eigenvalue weighted by Crippen LogP contribution is 2.18. The van der Waals surface area contributed by atoms with E-state index in [0.29, 0.717) is 11.7 Å². The first-order chi connectivity index (χ1) is 15.0. The van der Waals surface area contributed by atoms with Crippen LogP contribution in [0.1, 0.15) is 28.1 Å². The molecule has 158 valence electrons. The minimum absolute atomic E-state index is 0.557. The number of hydrogen-bond donors (Lipinski definition) is 2. The Morgan fingerprint density at radius 1 is 1.00 bits per heavy atom. The number of nitrogens with zero attached hydrogens (tertiary/aromatic N) is 4. The van der Waals surface area contributed by atoms with Crippen molar-refractivity contribution in [1.82, 2.24) is 24.9 Å². The van der Waals surface area contributed by atoms with Crippen molar-refractivity contribution in [2.45, 2.75) is 33.9 Å². The molecule has 0 fully saturated rings. The number of hydrogen-bond acceptors (Lipinski definition) is 3. The Labute approximate surface area is 187 Å². The standard InChI is InChI=1S/C24H26N6S/c1-17-9-7-8-10-20(17)15-29-16-21(13-26-29)27-24(31)25-14-23-18(2)28-30(19(23)3)22-11-5-4-6-12-22/h4-13,16H,14-15H2,1-3H3,(H2,25,27,31). The van der Waals surface area contributed by atoms with Crippen LogP contribution in [0.25, 0.3) is 5.69 Å². The smallest absolute Gasteiger partial charge is 0.171 e. The van der Waals surface area contributed by atoms with Gasteiger partial charge in [0.25, 0.3) is 0 Å². The number of rotatable bonds is 6. The third kappa shape index (κ3) is 4.83. The first kappa shape index (κ1) is 20.8. The van der Waals surface area contributed by atoms with Crippen LogP contribution in [-0.2, 0) is 13.1 Å². The summed E-state index contributed by atoms with van der Waals surface area (Å²) in [5, 5.41) is 16.2. The molecule has 0 aliphatic carbocycles. The predicted octanol–water partition coefficient (Wildman–Crippen LogP) is 4.53. The molecule has 0 bridgehead atoms. The molecule has 0 atom stereocenters. The maximum atomic E-state index is 5.50. The van der Waals surface area contributed by atoms with Gasteiger partial charge in [0.15, 0.2) is 5.11 Å². The molecule has 31 heavy (non-hydrogen) atoms. The fraction of sp³-hybridized carbons (Fsp3) is 0.208. The average Bonchev–Trinajstić information content (AvgIpc) is 3.32. The lowest BCUT2D eigenvalue weighted by molar-refractivity contribution is 0.684. The molecule has 2 aromatic carbocycles. The van der Waals surface area contributed by atoms with Crippen LogP contribution in [-0.4, -0.2) is 24.7 Å². The minimum atomic E-state index is 0.557. The summed E-state index contributed by atoms with van der Waals surface area (Å²) in [4.78, 5) is 0. The van der Waals surface area contributed by atoms with E-state index in [1.165, 1.54) is 11.1 Å². The van der Waals surface area contributed by atoms with Crippen LogP contribution in [0.15, 0.2) is 67.0 Å². The number of anilines is 1. The van der Waals surface area contributed by atoms with Crippen LogP contribution in [0.5, 0.6) is 0 Å². The van der Waals surface area contributed by atoms with Crippen LogP contribution in [0.3, 0.4) is 0 Å². The predicted molar refractivity (Wildman–Crippen MR) is 129 cm³/mol. The lowest BCUT2D eigenvalue weighted by atomic mass is 10.1. The van der Waals surface area contributed by atoms with Crippen LogP contribution in [0.4, 0.5) is 5.69 Å². The van der Waals surface area contributed by atoms with E-state index >= 15 is 0 Å². The van der Waals surface area contributed by atoms with E-state index in [1.807, 2.05) is 52.8 Å². The fourth-order valence-electron chi connectivity index (χ4n) is 3.57. The second-order valence-electron chi connectivity index (χ2n) is 7.56. The molecule has 0 spiro atoms. The second-order valence-corrected chi connectivity index (χ2v) is 7.97. The summed E-state index contributed by atoms with van der Waals surface area (Å²) in [6.45, 7) is 7.55. The number of nitrogens with one attached hydrogen (secondary N) is 2. The summed E-state index contributed by atoms with van der Waals surface area (Å²) in [6, 6.07) is 18.5. The van der Waals surface area contributed by atoms with E-state index in [1.54, 1.807) is 6.20 Å². The SMILES string of the molecule is Cc1ccccc1Cn1cc(NC(=S)NCc2c(C)nn(-c3ccccc3)c2C)cn1. The lowest BCUT2D eigenvalue weighted by Gasteiger charge is -2.10. The fourth-order valence-corrected chi connectivity index (χ4v) is 3.76. The highest BCUT2D eigenvalue weighted by atomic mass is 32.1. The Morgan fingerprint density at radius 2 is 1.74 bits per heavy atom. The van der Waals surface area contributed by atoms with Crippen molar-refractivity contribution in [3.05, 3.63) is 95.1 Å². The normalized spacial score (nSPS) is 10.8. The van der Waals surface area contributed by atoms with Gasteiger partial charge in [0.2, 0.25) is 0 Å². The first-order valence-electron chi connectivity index (χ1n) is 10.2. The zero-order chi connectivity index (χ0) is 21.8. The van der Waals surface area contributed by atoms with E-state index in [2.05, 4.69) is 53.8 Å². The molecule has 6 nitrogen and oxygen atoms in total. The van der Waals surface area contributed by atoms with Gasteiger partial charge in [-0.3, -0.25) is 4.68 Å². The number of para-hydroxylation sites is 1. The average molecular weight is 431 g/mol. The molecule has 4 aromatic rings. The Morgan fingerprint density at radius 3 is 2.52 bits per heavy atom. The van der Waals surface area contributed by atoms with Crippen LogP contribution in [0.2, 0.25) is 0 Å². The summed E-state index contributed by atoms with van der Waals surface area (Å²) in [7, 11) is 0. The molecule has 0 saturated heterocycles. The molecule has 2 N–H and O–H groups in total. The molecule has 2 aromatic heterocycles. The number of aryl methyl sites for hydroxylation is 2. The summed E-state index contributed by atoms with van der Waals surface area (Å²) >= 11 is 5.50. The van der Waals surface area contributed by atoms with Gasteiger partial charge in [-0.05, 0) is 56.2 Å². The van der Waals surface area contributed by atoms with Gasteiger partial charge in [-0.2, -0.15) is 10.2 Å². The number of aromatic nitrogens is 4. The van der Waals surface area contributed by atoms with Gasteiger partial charge in [-0.15, -0.1) is 0 Å². The zero-order valence-electron chi connectivity index (χ0n) is 18.0. The van der Waals surface area contributed by atoms with Crippen molar-refractivity contribution < 1.29 is 0 Å². The van der Waals surface area contributed by atoms with Gasteiger partial charge in [0.05, 0.1) is 29.8 Å². The Kier molecular flexibility index (Phi) is 6.13. The molecule has 2 heterocycles. The van der Waals surface area contributed by atoms with Gasteiger partial charge in [-0.1, -0.05) is 42.5 Å². The molecule has 7 heteroatoms. The van der Waals surface area contributed by atoms with Gasteiger partial charge in [0.1, 0.15) is 0 Å². The third-order valence-electron chi connectivity index (χ3n) is 5.35. The summed E-state index contributed by atoms with van der Waals surface area (Å²) in [5.41, 5.74) is 7.65.